The number of aryl methyl sites for hydroxylation is 2. The number of hydrogen-bond acceptors (Lipinski definition) is 3. The van der Waals surface area contributed by atoms with Crippen molar-refractivity contribution in [3.05, 3.63) is 58.1 Å². The van der Waals surface area contributed by atoms with Crippen molar-refractivity contribution >= 4 is 23.1 Å². The molecule has 0 heterocycles. The first-order chi connectivity index (χ1) is 13.6. The van der Waals surface area contributed by atoms with Crippen molar-refractivity contribution in [2.75, 3.05) is 12.4 Å². The van der Waals surface area contributed by atoms with E-state index in [4.69, 9.17) is 21.7 Å². The van der Waals surface area contributed by atoms with Gasteiger partial charge >= 0.3 is 6.18 Å². The molecule has 0 aliphatic heterocycles. The minimum absolute atomic E-state index is 0.0205. The first-order valence-corrected chi connectivity index (χ1v) is 9.07. The number of methoxy groups -OCH3 is 1. The molecule has 0 bridgehead atoms. The third kappa shape index (κ3) is 5.56. The molecule has 2 aromatic rings. The summed E-state index contributed by atoms with van der Waals surface area (Å²) >= 11 is 4.86. The van der Waals surface area contributed by atoms with E-state index < -0.39 is 24.8 Å². The molecular weight excluding hydrogens is 413 g/mol. The SMILES string of the molecule is CCc1cc(C(F)F)c(OCc2c(NC(=S)OC)cccc2C(F)(F)F)cc1C. The monoisotopic (exact) mass is 433 g/mol. The van der Waals surface area contributed by atoms with Crippen molar-refractivity contribution in [1.29, 1.82) is 0 Å². The lowest BCUT2D eigenvalue weighted by atomic mass is 10.0. The fraction of sp³-hybridized carbons (Fsp3) is 0.350. The molecule has 158 valence electrons. The van der Waals surface area contributed by atoms with Crippen LogP contribution in [0.3, 0.4) is 0 Å². The van der Waals surface area contributed by atoms with Gasteiger partial charge in [-0.3, -0.25) is 0 Å². The molecule has 0 aliphatic rings. The third-order valence-electron chi connectivity index (χ3n) is 4.36. The Kier molecular flexibility index (Phi) is 7.40. The summed E-state index contributed by atoms with van der Waals surface area (Å²) < 4.78 is 77.6. The van der Waals surface area contributed by atoms with E-state index in [9.17, 15) is 22.0 Å². The molecule has 0 unspecified atom stereocenters. The van der Waals surface area contributed by atoms with Gasteiger partial charge in [-0.1, -0.05) is 13.0 Å². The first-order valence-electron chi connectivity index (χ1n) is 8.66. The smallest absolute Gasteiger partial charge is 0.416 e. The highest BCUT2D eigenvalue weighted by Crippen LogP contribution is 2.37. The zero-order valence-electron chi connectivity index (χ0n) is 16.0. The predicted octanol–water partition coefficient (Wildman–Crippen LogP) is 6.44. The summed E-state index contributed by atoms with van der Waals surface area (Å²) in [5.74, 6) is -0.160. The molecule has 0 saturated carbocycles. The zero-order chi connectivity index (χ0) is 21.8. The molecule has 0 amide bonds. The van der Waals surface area contributed by atoms with Crippen molar-refractivity contribution in [1.82, 2.24) is 0 Å². The summed E-state index contributed by atoms with van der Waals surface area (Å²) in [4.78, 5) is 0. The number of ether oxygens (including phenoxy) is 2. The predicted molar refractivity (Wildman–Crippen MR) is 105 cm³/mol. The van der Waals surface area contributed by atoms with Gasteiger partial charge < -0.3 is 14.8 Å². The van der Waals surface area contributed by atoms with Gasteiger partial charge in [0.2, 0.25) is 0 Å². The van der Waals surface area contributed by atoms with Crippen LogP contribution in [0, 0.1) is 6.92 Å². The highest BCUT2D eigenvalue weighted by Gasteiger charge is 2.34. The number of halogens is 5. The zero-order valence-corrected chi connectivity index (χ0v) is 16.8. The number of nitrogens with one attached hydrogen (secondary N) is 1. The average molecular weight is 433 g/mol. The fourth-order valence-corrected chi connectivity index (χ4v) is 2.97. The normalized spacial score (nSPS) is 11.5. The van der Waals surface area contributed by atoms with Crippen LogP contribution >= 0.6 is 12.2 Å². The molecular formula is C20H20F5NO2S. The summed E-state index contributed by atoms with van der Waals surface area (Å²) in [6.07, 6.45) is -6.95. The Bertz CT molecular complexity index is 884. The highest BCUT2D eigenvalue weighted by atomic mass is 32.1. The molecule has 0 fully saturated rings. The van der Waals surface area contributed by atoms with Gasteiger partial charge in [0.25, 0.3) is 11.6 Å². The van der Waals surface area contributed by atoms with Gasteiger partial charge in [-0.25, -0.2) is 8.78 Å². The van der Waals surface area contributed by atoms with E-state index in [1.807, 2.05) is 6.92 Å². The van der Waals surface area contributed by atoms with Crippen molar-refractivity contribution in [2.24, 2.45) is 0 Å². The minimum Gasteiger partial charge on any atom is -0.488 e. The van der Waals surface area contributed by atoms with Gasteiger partial charge in [0.05, 0.1) is 18.2 Å². The Labute approximate surface area is 170 Å². The molecule has 0 saturated heterocycles. The van der Waals surface area contributed by atoms with Crippen LogP contribution in [0.15, 0.2) is 30.3 Å². The van der Waals surface area contributed by atoms with Crippen LogP contribution < -0.4 is 10.1 Å². The van der Waals surface area contributed by atoms with Crippen LogP contribution in [-0.2, 0) is 23.9 Å². The average Bonchev–Trinajstić information content (AvgIpc) is 2.65. The second-order valence-corrected chi connectivity index (χ2v) is 6.58. The molecule has 0 aliphatic carbocycles. The Morgan fingerprint density at radius 3 is 2.45 bits per heavy atom. The molecule has 9 heteroatoms. The maximum absolute atomic E-state index is 13.5. The lowest BCUT2D eigenvalue weighted by Gasteiger charge is -2.20. The molecule has 1 N–H and O–H groups in total. The molecule has 0 radical (unpaired) electrons. The summed E-state index contributed by atoms with van der Waals surface area (Å²) in [7, 11) is 1.27. The van der Waals surface area contributed by atoms with Gasteiger partial charge in [-0.2, -0.15) is 13.2 Å². The number of anilines is 1. The Balaban J connectivity index is 2.46. The lowest BCUT2D eigenvalue weighted by molar-refractivity contribution is -0.138. The molecule has 29 heavy (non-hydrogen) atoms. The van der Waals surface area contributed by atoms with E-state index >= 15 is 0 Å². The largest absolute Gasteiger partial charge is 0.488 e. The molecule has 2 rings (SSSR count). The van der Waals surface area contributed by atoms with Gasteiger partial charge in [0, 0.05) is 11.3 Å². The first kappa shape index (κ1) is 22.9. The van der Waals surface area contributed by atoms with Crippen LogP contribution in [0.2, 0.25) is 0 Å². The van der Waals surface area contributed by atoms with E-state index in [-0.39, 0.29) is 27.7 Å². The van der Waals surface area contributed by atoms with Crippen LogP contribution in [0.25, 0.3) is 0 Å². The van der Waals surface area contributed by atoms with Gasteiger partial charge in [0.1, 0.15) is 12.4 Å². The second kappa shape index (κ2) is 9.39. The summed E-state index contributed by atoms with van der Waals surface area (Å²) in [5, 5.41) is 2.42. The third-order valence-corrected chi connectivity index (χ3v) is 4.63. The Morgan fingerprint density at radius 2 is 1.90 bits per heavy atom. The molecule has 0 spiro atoms. The highest BCUT2D eigenvalue weighted by molar-refractivity contribution is 7.80. The fourth-order valence-electron chi connectivity index (χ4n) is 2.86. The summed E-state index contributed by atoms with van der Waals surface area (Å²) in [6.45, 7) is 2.97. The number of rotatable bonds is 6. The topological polar surface area (TPSA) is 30.5 Å². The van der Waals surface area contributed by atoms with E-state index in [0.29, 0.717) is 6.42 Å². The van der Waals surface area contributed by atoms with Crippen molar-refractivity contribution in [3.63, 3.8) is 0 Å². The van der Waals surface area contributed by atoms with E-state index in [0.717, 1.165) is 17.2 Å². The number of alkyl halides is 5. The van der Waals surface area contributed by atoms with Gasteiger partial charge in [0.15, 0.2) is 0 Å². The second-order valence-electron chi connectivity index (χ2n) is 6.21. The number of hydrogen-bond donors (Lipinski definition) is 1. The Morgan fingerprint density at radius 1 is 1.21 bits per heavy atom. The number of thiocarbonyl (C=S) groups is 1. The van der Waals surface area contributed by atoms with Crippen LogP contribution in [0.4, 0.5) is 27.6 Å². The standard InChI is InChI=1S/C20H20F5NO2S/c1-4-12-9-13(18(21)22)17(8-11(12)2)28-10-14-15(20(23,24)25)6-5-7-16(14)26-19(29)27-3/h5-9,18H,4,10H2,1-3H3,(H,26,29). The molecule has 2 aromatic carbocycles. The maximum atomic E-state index is 13.5. The maximum Gasteiger partial charge on any atom is 0.416 e. The minimum atomic E-state index is -4.67. The quantitative estimate of drug-likeness (QED) is 0.420. The van der Waals surface area contributed by atoms with Crippen molar-refractivity contribution in [3.8, 4) is 5.75 Å². The summed E-state index contributed by atoms with van der Waals surface area (Å²) in [6, 6.07) is 6.21. The molecule has 3 nitrogen and oxygen atoms in total. The Hall–Kier alpha value is -2.42. The van der Waals surface area contributed by atoms with E-state index in [1.165, 1.54) is 31.4 Å². The van der Waals surface area contributed by atoms with Gasteiger partial charge in [-0.15, -0.1) is 0 Å². The molecule has 0 atom stereocenters. The van der Waals surface area contributed by atoms with E-state index in [1.54, 1.807) is 6.92 Å². The van der Waals surface area contributed by atoms with Crippen molar-refractivity contribution < 1.29 is 31.4 Å². The van der Waals surface area contributed by atoms with Gasteiger partial charge in [-0.05, 0) is 61.0 Å². The van der Waals surface area contributed by atoms with Crippen LogP contribution in [0.1, 0.15) is 41.2 Å². The van der Waals surface area contributed by atoms with Crippen molar-refractivity contribution in [2.45, 2.75) is 39.5 Å². The van der Waals surface area contributed by atoms with Crippen LogP contribution in [0.5, 0.6) is 5.75 Å². The lowest BCUT2D eigenvalue weighted by Crippen LogP contribution is -2.17. The van der Waals surface area contributed by atoms with Crippen LogP contribution in [-0.4, -0.2) is 12.3 Å². The summed E-state index contributed by atoms with van der Waals surface area (Å²) in [5.41, 5.74) is -0.129. The number of benzene rings is 2. The van der Waals surface area contributed by atoms with E-state index in [2.05, 4.69) is 5.32 Å². The molecule has 0 aromatic heterocycles.